The fourth-order valence-corrected chi connectivity index (χ4v) is 2.79. The van der Waals surface area contributed by atoms with Gasteiger partial charge in [-0.15, -0.1) is 0 Å². The molecule has 3 atom stereocenters. The van der Waals surface area contributed by atoms with Crippen molar-refractivity contribution in [1.82, 2.24) is 4.90 Å². The van der Waals surface area contributed by atoms with E-state index in [1.807, 2.05) is 0 Å². The fourth-order valence-electron chi connectivity index (χ4n) is 2.79. The van der Waals surface area contributed by atoms with Gasteiger partial charge in [-0.25, -0.2) is 0 Å². The van der Waals surface area contributed by atoms with Gasteiger partial charge in [0, 0.05) is 12.6 Å². The Bertz CT molecular complexity index is 170. The third-order valence-electron chi connectivity index (χ3n) is 4.06. The van der Waals surface area contributed by atoms with Crippen LogP contribution in [0.3, 0.4) is 0 Å². The zero-order chi connectivity index (χ0) is 11.3. The van der Waals surface area contributed by atoms with E-state index in [0.717, 1.165) is 24.4 Å². The number of rotatable bonds is 5. The molecular formula is C13H28N2. The number of hydrogen-bond donors (Lipinski definition) is 1. The van der Waals surface area contributed by atoms with E-state index in [4.69, 9.17) is 5.73 Å². The lowest BCUT2D eigenvalue weighted by molar-refractivity contribution is 0.0843. The molecule has 0 aromatic carbocycles. The Balaban J connectivity index is 2.48. The van der Waals surface area contributed by atoms with E-state index in [-0.39, 0.29) is 0 Å². The maximum Gasteiger partial charge on any atom is 0.00926 e. The second-order valence-corrected chi connectivity index (χ2v) is 5.11. The summed E-state index contributed by atoms with van der Waals surface area (Å²) in [6.07, 6.45) is 5.28. The van der Waals surface area contributed by atoms with Gasteiger partial charge in [-0.3, -0.25) is 0 Å². The molecule has 0 saturated carbocycles. The predicted molar refractivity (Wildman–Crippen MR) is 66.9 cm³/mol. The van der Waals surface area contributed by atoms with Crippen molar-refractivity contribution in [3.63, 3.8) is 0 Å². The van der Waals surface area contributed by atoms with E-state index >= 15 is 0 Å². The molecule has 1 heterocycles. The van der Waals surface area contributed by atoms with Crippen LogP contribution in [0.2, 0.25) is 0 Å². The van der Waals surface area contributed by atoms with Crippen molar-refractivity contribution in [3.05, 3.63) is 0 Å². The third kappa shape index (κ3) is 3.46. The topological polar surface area (TPSA) is 29.3 Å². The summed E-state index contributed by atoms with van der Waals surface area (Å²) in [4.78, 5) is 2.68. The number of hydrogen-bond acceptors (Lipinski definition) is 2. The van der Waals surface area contributed by atoms with Gasteiger partial charge >= 0.3 is 0 Å². The molecule has 15 heavy (non-hydrogen) atoms. The van der Waals surface area contributed by atoms with Crippen molar-refractivity contribution in [2.24, 2.45) is 17.6 Å². The molecule has 1 aliphatic heterocycles. The molecule has 0 bridgehead atoms. The number of nitrogens with two attached hydrogens (primary N) is 1. The lowest BCUT2D eigenvalue weighted by atomic mass is 9.86. The first-order valence-electron chi connectivity index (χ1n) is 6.67. The molecular weight excluding hydrogens is 184 g/mol. The maximum atomic E-state index is 5.84. The van der Waals surface area contributed by atoms with Crippen LogP contribution >= 0.6 is 0 Å². The minimum atomic E-state index is 0.727. The average molecular weight is 212 g/mol. The smallest absolute Gasteiger partial charge is 0.00926 e. The van der Waals surface area contributed by atoms with E-state index in [1.165, 1.54) is 38.8 Å². The predicted octanol–water partition coefficient (Wildman–Crippen LogP) is 2.48. The molecule has 1 rings (SSSR count). The molecule has 3 unspecified atom stereocenters. The monoisotopic (exact) mass is 212 g/mol. The molecule has 0 aromatic heterocycles. The largest absolute Gasteiger partial charge is 0.330 e. The lowest BCUT2D eigenvalue weighted by Crippen LogP contribution is -2.47. The second kappa shape index (κ2) is 6.49. The van der Waals surface area contributed by atoms with Crippen LogP contribution < -0.4 is 5.73 Å². The lowest BCUT2D eigenvalue weighted by Gasteiger charge is -2.41. The zero-order valence-corrected chi connectivity index (χ0v) is 10.7. The molecule has 1 fully saturated rings. The number of nitrogens with zero attached hydrogens (tertiary/aromatic N) is 1. The molecule has 2 heteroatoms. The Morgan fingerprint density at radius 3 is 2.67 bits per heavy atom. The molecule has 0 spiro atoms. The molecule has 1 aliphatic rings. The van der Waals surface area contributed by atoms with Crippen molar-refractivity contribution in [2.45, 2.75) is 52.5 Å². The first-order chi connectivity index (χ1) is 7.22. The first kappa shape index (κ1) is 13.0. The highest BCUT2D eigenvalue weighted by Crippen LogP contribution is 2.25. The van der Waals surface area contributed by atoms with Gasteiger partial charge in [0.25, 0.3) is 0 Å². The average Bonchev–Trinajstić information content (AvgIpc) is 2.27. The van der Waals surface area contributed by atoms with Crippen LogP contribution in [0.4, 0.5) is 0 Å². The Morgan fingerprint density at radius 1 is 1.40 bits per heavy atom. The molecule has 2 N–H and O–H groups in total. The highest BCUT2D eigenvalue weighted by atomic mass is 15.2. The van der Waals surface area contributed by atoms with E-state index in [0.29, 0.717) is 0 Å². The Morgan fingerprint density at radius 2 is 2.13 bits per heavy atom. The highest BCUT2D eigenvalue weighted by molar-refractivity contribution is 4.82. The summed E-state index contributed by atoms with van der Waals surface area (Å²) in [6.45, 7) is 10.3. The van der Waals surface area contributed by atoms with Gasteiger partial charge in [0.05, 0.1) is 0 Å². The van der Waals surface area contributed by atoms with E-state index in [1.54, 1.807) is 0 Å². The SMILES string of the molecule is CCCC(CC)N1CCC(C)C(CN)C1. The van der Waals surface area contributed by atoms with Crippen LogP contribution in [0.1, 0.15) is 46.5 Å². The minimum absolute atomic E-state index is 0.727. The van der Waals surface area contributed by atoms with Crippen molar-refractivity contribution in [3.8, 4) is 0 Å². The standard InChI is InChI=1S/C13H28N2/c1-4-6-13(5-2)15-8-7-11(3)12(9-14)10-15/h11-13H,4-10,14H2,1-3H3. The van der Waals surface area contributed by atoms with Crippen molar-refractivity contribution >= 4 is 0 Å². The third-order valence-corrected chi connectivity index (χ3v) is 4.06. The fraction of sp³-hybridized carbons (Fsp3) is 1.00. The van der Waals surface area contributed by atoms with E-state index in [2.05, 4.69) is 25.7 Å². The summed E-state index contributed by atoms with van der Waals surface area (Å²) >= 11 is 0. The summed E-state index contributed by atoms with van der Waals surface area (Å²) < 4.78 is 0. The second-order valence-electron chi connectivity index (χ2n) is 5.11. The van der Waals surface area contributed by atoms with Gasteiger partial charge in [-0.05, 0) is 44.2 Å². The summed E-state index contributed by atoms with van der Waals surface area (Å²) in [5.41, 5.74) is 5.84. The van der Waals surface area contributed by atoms with Gasteiger partial charge in [-0.1, -0.05) is 27.2 Å². The summed E-state index contributed by atoms with van der Waals surface area (Å²) in [5, 5.41) is 0. The van der Waals surface area contributed by atoms with Gasteiger partial charge in [0.15, 0.2) is 0 Å². The van der Waals surface area contributed by atoms with Crippen LogP contribution in [-0.4, -0.2) is 30.6 Å². The van der Waals surface area contributed by atoms with Crippen LogP contribution in [-0.2, 0) is 0 Å². The van der Waals surface area contributed by atoms with Crippen molar-refractivity contribution in [2.75, 3.05) is 19.6 Å². The highest BCUT2D eigenvalue weighted by Gasteiger charge is 2.28. The van der Waals surface area contributed by atoms with Crippen LogP contribution in [0, 0.1) is 11.8 Å². The first-order valence-corrected chi connectivity index (χ1v) is 6.67. The summed E-state index contributed by atoms with van der Waals surface area (Å²) in [7, 11) is 0. The summed E-state index contributed by atoms with van der Waals surface area (Å²) in [6, 6.07) is 0.802. The molecule has 0 amide bonds. The van der Waals surface area contributed by atoms with Crippen LogP contribution in [0.25, 0.3) is 0 Å². The van der Waals surface area contributed by atoms with Gasteiger partial charge in [-0.2, -0.15) is 0 Å². The Hall–Kier alpha value is -0.0800. The molecule has 90 valence electrons. The van der Waals surface area contributed by atoms with Crippen LogP contribution in [0.5, 0.6) is 0 Å². The molecule has 1 saturated heterocycles. The van der Waals surface area contributed by atoms with Gasteiger partial charge in [0.1, 0.15) is 0 Å². The number of piperidine rings is 1. The van der Waals surface area contributed by atoms with Gasteiger partial charge in [0.2, 0.25) is 0 Å². The Labute approximate surface area is 95.2 Å². The molecule has 0 radical (unpaired) electrons. The van der Waals surface area contributed by atoms with Crippen molar-refractivity contribution < 1.29 is 0 Å². The van der Waals surface area contributed by atoms with Gasteiger partial charge < -0.3 is 10.6 Å². The molecule has 0 aromatic rings. The Kier molecular flexibility index (Phi) is 5.62. The summed E-state index contributed by atoms with van der Waals surface area (Å²) in [5.74, 6) is 1.55. The number of likely N-dealkylation sites (tertiary alicyclic amines) is 1. The van der Waals surface area contributed by atoms with E-state index in [9.17, 15) is 0 Å². The van der Waals surface area contributed by atoms with E-state index < -0.39 is 0 Å². The normalized spacial score (nSPS) is 30.4. The quantitative estimate of drug-likeness (QED) is 0.758. The molecule has 2 nitrogen and oxygen atoms in total. The van der Waals surface area contributed by atoms with Crippen LogP contribution in [0.15, 0.2) is 0 Å². The van der Waals surface area contributed by atoms with Crippen molar-refractivity contribution in [1.29, 1.82) is 0 Å². The minimum Gasteiger partial charge on any atom is -0.330 e. The maximum absolute atomic E-state index is 5.84. The molecule has 0 aliphatic carbocycles. The zero-order valence-electron chi connectivity index (χ0n) is 10.7.